The van der Waals surface area contributed by atoms with Gasteiger partial charge in [0.25, 0.3) is 0 Å². The Morgan fingerprint density at radius 1 is 1.30 bits per heavy atom. The highest BCUT2D eigenvalue weighted by Crippen LogP contribution is 2.23. The van der Waals surface area contributed by atoms with E-state index in [4.69, 9.17) is 21.0 Å². The van der Waals surface area contributed by atoms with Crippen LogP contribution in [0.3, 0.4) is 0 Å². The maximum absolute atomic E-state index is 12.4. The van der Waals surface area contributed by atoms with E-state index in [-0.39, 0.29) is 28.8 Å². The third-order valence-corrected chi connectivity index (χ3v) is 4.65. The number of ketones is 1. The zero-order valence-corrected chi connectivity index (χ0v) is 18.7. The molecule has 10 heteroatoms. The first-order valence-electron chi connectivity index (χ1n) is 10.6. The smallest absolute Gasteiger partial charge is 0.387 e. The number of nitrogens with two attached hydrogens (primary N) is 1. The Morgan fingerprint density at radius 2 is 2.00 bits per heavy atom. The summed E-state index contributed by atoms with van der Waals surface area (Å²) in [7, 11) is 0. The number of halogens is 2. The van der Waals surface area contributed by atoms with E-state index < -0.39 is 19.0 Å². The van der Waals surface area contributed by atoms with Crippen molar-refractivity contribution in [3.8, 4) is 5.75 Å². The summed E-state index contributed by atoms with van der Waals surface area (Å²) in [5.74, 6) is -0.553. The van der Waals surface area contributed by atoms with Crippen LogP contribution in [-0.2, 0) is 4.74 Å². The van der Waals surface area contributed by atoms with Crippen molar-refractivity contribution in [1.29, 1.82) is 5.41 Å². The van der Waals surface area contributed by atoms with Crippen molar-refractivity contribution >= 4 is 17.2 Å². The van der Waals surface area contributed by atoms with Gasteiger partial charge in [0.15, 0.2) is 5.78 Å². The van der Waals surface area contributed by atoms with E-state index in [1.807, 2.05) is 13.8 Å². The number of aliphatic hydroxyl groups is 1. The Hall–Kier alpha value is -2.95. The maximum atomic E-state index is 12.4. The Labute approximate surface area is 191 Å². The molecule has 2 aromatic rings. The fourth-order valence-electron chi connectivity index (χ4n) is 3.01. The Morgan fingerprint density at radius 3 is 2.55 bits per heavy atom. The number of benzene rings is 1. The van der Waals surface area contributed by atoms with E-state index in [2.05, 4.69) is 15.0 Å². The van der Waals surface area contributed by atoms with Crippen molar-refractivity contribution < 1.29 is 28.2 Å². The average Bonchev–Trinajstić information content (AvgIpc) is 2.78. The maximum Gasteiger partial charge on any atom is 0.387 e. The predicted octanol–water partition coefficient (Wildman–Crippen LogP) is 3.22. The summed E-state index contributed by atoms with van der Waals surface area (Å²) in [6.07, 6.45) is 3.35. The molecule has 0 saturated carbocycles. The number of aliphatic hydroxyl groups excluding tert-OH is 1. The normalized spacial score (nSPS) is 13.9. The van der Waals surface area contributed by atoms with Crippen molar-refractivity contribution in [2.24, 2.45) is 5.73 Å². The SMILES string of the molecule is CC(C)Nc1cc(C(=O)CO)cnc1C(=N)c1cccc(OC(F)F)c1.NC1CCOCC1. The molecule has 0 amide bonds. The van der Waals surface area contributed by atoms with Crippen molar-refractivity contribution in [2.45, 2.75) is 45.4 Å². The van der Waals surface area contributed by atoms with Crippen LogP contribution in [-0.4, -0.2) is 60.1 Å². The van der Waals surface area contributed by atoms with E-state index in [0.29, 0.717) is 17.3 Å². The molecule has 3 rings (SSSR count). The molecule has 0 bridgehead atoms. The molecule has 0 radical (unpaired) electrons. The molecule has 33 heavy (non-hydrogen) atoms. The molecule has 1 fully saturated rings. The number of carbonyl (C=O) groups is 1. The largest absolute Gasteiger partial charge is 0.435 e. The van der Waals surface area contributed by atoms with Gasteiger partial charge in [-0.05, 0) is 44.9 Å². The van der Waals surface area contributed by atoms with E-state index in [1.165, 1.54) is 30.5 Å². The Bertz CT molecular complexity index is 934. The standard InChI is InChI=1S/C18H19F2N3O3.C5H11NO/c1-10(2)23-14-7-12(15(25)9-24)8-22-17(14)16(21)11-4-3-5-13(6-11)26-18(19)20;6-5-1-3-7-4-2-5/h3-8,10,18,21,23-24H,9H2,1-2H3;5H,1-4,6H2. The van der Waals surface area contributed by atoms with Crippen LogP contribution in [0.2, 0.25) is 0 Å². The lowest BCUT2D eigenvalue weighted by Gasteiger charge is -2.16. The topological polar surface area (TPSA) is 131 Å². The lowest BCUT2D eigenvalue weighted by atomic mass is 10.0. The number of pyridine rings is 1. The number of alkyl halides is 2. The highest BCUT2D eigenvalue weighted by atomic mass is 19.3. The van der Waals surface area contributed by atoms with Gasteiger partial charge < -0.3 is 25.6 Å². The summed E-state index contributed by atoms with van der Waals surface area (Å²) in [4.78, 5) is 15.9. The molecule has 180 valence electrons. The summed E-state index contributed by atoms with van der Waals surface area (Å²) in [6.45, 7) is 1.88. The van der Waals surface area contributed by atoms with Gasteiger partial charge in [-0.1, -0.05) is 12.1 Å². The molecule has 1 aromatic heterocycles. The number of hydrogen-bond donors (Lipinski definition) is 4. The van der Waals surface area contributed by atoms with Gasteiger partial charge in [0.1, 0.15) is 18.1 Å². The molecule has 1 aliphatic heterocycles. The second kappa shape index (κ2) is 12.9. The molecule has 0 unspecified atom stereocenters. The molecule has 8 nitrogen and oxygen atoms in total. The molecule has 0 spiro atoms. The molecule has 0 atom stereocenters. The minimum absolute atomic E-state index is 0.00340. The van der Waals surface area contributed by atoms with E-state index >= 15 is 0 Å². The predicted molar refractivity (Wildman–Crippen MR) is 121 cm³/mol. The van der Waals surface area contributed by atoms with Gasteiger partial charge in [-0.2, -0.15) is 8.78 Å². The molecule has 1 aliphatic rings. The first kappa shape index (κ1) is 26.3. The van der Waals surface area contributed by atoms with Gasteiger partial charge in [-0.15, -0.1) is 0 Å². The summed E-state index contributed by atoms with van der Waals surface area (Å²) >= 11 is 0. The van der Waals surface area contributed by atoms with Gasteiger partial charge in [0.05, 0.1) is 11.4 Å². The van der Waals surface area contributed by atoms with E-state index in [0.717, 1.165) is 26.1 Å². The van der Waals surface area contributed by atoms with Crippen molar-refractivity contribution in [1.82, 2.24) is 4.98 Å². The monoisotopic (exact) mass is 464 g/mol. The molecular weight excluding hydrogens is 434 g/mol. The second-order valence-electron chi connectivity index (χ2n) is 7.73. The second-order valence-corrected chi connectivity index (χ2v) is 7.73. The number of Topliss-reactive ketones (excluding diaryl/α,β-unsaturated/α-hetero) is 1. The van der Waals surface area contributed by atoms with Gasteiger partial charge >= 0.3 is 6.61 Å². The zero-order valence-electron chi connectivity index (χ0n) is 18.7. The molecule has 2 heterocycles. The van der Waals surface area contributed by atoms with Crippen LogP contribution in [0, 0.1) is 5.41 Å². The van der Waals surface area contributed by atoms with Crippen molar-refractivity contribution in [3.63, 3.8) is 0 Å². The number of rotatable bonds is 8. The minimum Gasteiger partial charge on any atom is -0.435 e. The first-order valence-corrected chi connectivity index (χ1v) is 10.6. The van der Waals surface area contributed by atoms with E-state index in [9.17, 15) is 13.6 Å². The Balaban J connectivity index is 0.000000468. The van der Waals surface area contributed by atoms with Gasteiger partial charge in [0.2, 0.25) is 0 Å². The Kier molecular flexibility index (Phi) is 10.3. The molecule has 1 saturated heterocycles. The number of ether oxygens (including phenoxy) is 2. The summed E-state index contributed by atoms with van der Waals surface area (Å²) < 4.78 is 34.2. The van der Waals surface area contributed by atoms with Gasteiger partial charge in [-0.3, -0.25) is 15.2 Å². The summed E-state index contributed by atoms with van der Waals surface area (Å²) in [5, 5.41) is 20.5. The van der Waals surface area contributed by atoms with E-state index in [1.54, 1.807) is 6.07 Å². The lowest BCUT2D eigenvalue weighted by Crippen LogP contribution is -2.28. The third kappa shape index (κ3) is 8.49. The van der Waals surface area contributed by atoms with Gasteiger partial charge in [-0.25, -0.2) is 0 Å². The lowest BCUT2D eigenvalue weighted by molar-refractivity contribution is -0.0498. The highest BCUT2D eigenvalue weighted by Gasteiger charge is 2.17. The van der Waals surface area contributed by atoms with Crippen LogP contribution >= 0.6 is 0 Å². The number of anilines is 1. The summed E-state index contributed by atoms with van der Waals surface area (Å²) in [5.41, 5.74) is 6.77. The number of carbonyl (C=O) groups excluding carboxylic acids is 1. The molecule has 1 aromatic carbocycles. The van der Waals surface area contributed by atoms with Crippen molar-refractivity contribution in [3.05, 3.63) is 53.3 Å². The molecular formula is C23H30F2N4O4. The molecule has 5 N–H and O–H groups in total. The third-order valence-electron chi connectivity index (χ3n) is 4.65. The number of nitrogens with zero attached hydrogens (tertiary/aromatic N) is 1. The first-order chi connectivity index (χ1) is 15.7. The zero-order chi connectivity index (χ0) is 24.4. The molecule has 0 aliphatic carbocycles. The van der Waals surface area contributed by atoms with Crippen LogP contribution < -0.4 is 15.8 Å². The van der Waals surface area contributed by atoms with Crippen molar-refractivity contribution in [2.75, 3.05) is 25.1 Å². The quantitative estimate of drug-likeness (QED) is 0.349. The highest BCUT2D eigenvalue weighted by molar-refractivity contribution is 6.13. The number of aromatic nitrogens is 1. The summed E-state index contributed by atoms with van der Waals surface area (Å²) in [6, 6.07) is 7.68. The van der Waals surface area contributed by atoms with Gasteiger partial charge in [0, 0.05) is 42.6 Å². The fraction of sp³-hybridized carbons (Fsp3) is 0.435. The number of nitrogens with one attached hydrogen (secondary N) is 2. The van der Waals surface area contributed by atoms with Crippen LogP contribution in [0.25, 0.3) is 0 Å². The van der Waals surface area contributed by atoms with Crippen LogP contribution in [0.15, 0.2) is 36.5 Å². The minimum atomic E-state index is -2.96. The van der Waals surface area contributed by atoms with Crippen LogP contribution in [0.5, 0.6) is 5.75 Å². The van der Waals surface area contributed by atoms with Crippen LogP contribution in [0.1, 0.15) is 48.3 Å². The average molecular weight is 465 g/mol. The number of hydrogen-bond acceptors (Lipinski definition) is 8. The van der Waals surface area contributed by atoms with Crippen LogP contribution in [0.4, 0.5) is 14.5 Å². The fourth-order valence-corrected chi connectivity index (χ4v) is 3.01.